The molecule has 1 fully saturated rings. The van der Waals surface area contributed by atoms with E-state index in [0.29, 0.717) is 5.92 Å². The maximum Gasteiger partial charge on any atom is 0.130 e. The summed E-state index contributed by atoms with van der Waals surface area (Å²) in [4.78, 5) is 0. The fourth-order valence-corrected chi connectivity index (χ4v) is 2.82. The van der Waals surface area contributed by atoms with E-state index in [1.165, 1.54) is 31.0 Å². The molecule has 94 valence electrons. The van der Waals surface area contributed by atoms with Crippen molar-refractivity contribution < 1.29 is 8.78 Å². The van der Waals surface area contributed by atoms with Crippen LogP contribution < -0.4 is 5.32 Å². The summed E-state index contributed by atoms with van der Waals surface area (Å²) in [6, 6.07) is 3.94. The Morgan fingerprint density at radius 2 is 1.82 bits per heavy atom. The first-order valence-corrected chi connectivity index (χ1v) is 6.41. The third kappa shape index (κ3) is 2.65. The van der Waals surface area contributed by atoms with Crippen LogP contribution in [0.2, 0.25) is 0 Å². The Morgan fingerprint density at radius 1 is 1.24 bits per heavy atom. The Hall–Kier alpha value is -0.960. The van der Waals surface area contributed by atoms with E-state index >= 15 is 0 Å². The lowest BCUT2D eigenvalue weighted by Gasteiger charge is -2.25. The van der Waals surface area contributed by atoms with Gasteiger partial charge in [0, 0.05) is 11.6 Å². The van der Waals surface area contributed by atoms with Gasteiger partial charge in [-0.2, -0.15) is 0 Å². The van der Waals surface area contributed by atoms with Gasteiger partial charge < -0.3 is 5.32 Å². The molecule has 1 saturated carbocycles. The van der Waals surface area contributed by atoms with Gasteiger partial charge in [0.15, 0.2) is 0 Å². The van der Waals surface area contributed by atoms with Crippen molar-refractivity contribution in [2.45, 2.75) is 38.6 Å². The Labute approximate surface area is 101 Å². The van der Waals surface area contributed by atoms with Gasteiger partial charge >= 0.3 is 0 Å². The van der Waals surface area contributed by atoms with Crippen LogP contribution in [0.15, 0.2) is 18.2 Å². The molecule has 0 bridgehead atoms. The zero-order valence-corrected chi connectivity index (χ0v) is 10.2. The molecule has 0 amide bonds. The quantitative estimate of drug-likeness (QED) is 0.842. The third-order valence-corrected chi connectivity index (χ3v) is 3.61. The third-order valence-electron chi connectivity index (χ3n) is 3.61. The van der Waals surface area contributed by atoms with Gasteiger partial charge in [-0.15, -0.1) is 0 Å². The minimum absolute atomic E-state index is 0.177. The molecule has 1 nitrogen and oxygen atoms in total. The van der Waals surface area contributed by atoms with Crippen LogP contribution in [0.5, 0.6) is 0 Å². The normalized spacial score (nSPS) is 18.5. The summed E-state index contributed by atoms with van der Waals surface area (Å²) in [7, 11) is 0. The molecule has 0 aromatic heterocycles. The van der Waals surface area contributed by atoms with Gasteiger partial charge in [0.1, 0.15) is 11.6 Å². The van der Waals surface area contributed by atoms with Crippen molar-refractivity contribution in [3.63, 3.8) is 0 Å². The summed E-state index contributed by atoms with van der Waals surface area (Å²) in [5.74, 6) is -0.493. The Kier molecular flexibility index (Phi) is 4.11. The number of halogens is 2. The lowest BCUT2D eigenvalue weighted by Crippen LogP contribution is -2.28. The molecule has 1 N–H and O–H groups in total. The zero-order valence-electron chi connectivity index (χ0n) is 10.2. The minimum atomic E-state index is -0.428. The average molecular weight is 239 g/mol. The van der Waals surface area contributed by atoms with Gasteiger partial charge in [0.2, 0.25) is 0 Å². The van der Waals surface area contributed by atoms with E-state index in [1.807, 2.05) is 6.92 Å². The number of nitrogens with one attached hydrogen (secondary N) is 1. The summed E-state index contributed by atoms with van der Waals surface area (Å²) >= 11 is 0. The first kappa shape index (κ1) is 12.5. The fraction of sp³-hybridized carbons (Fsp3) is 0.571. The Balaban J connectivity index is 2.31. The smallest absolute Gasteiger partial charge is 0.130 e. The summed E-state index contributed by atoms with van der Waals surface area (Å²) in [5, 5.41) is 3.24. The van der Waals surface area contributed by atoms with Gasteiger partial charge in [0.05, 0.1) is 0 Å². The van der Waals surface area contributed by atoms with E-state index in [1.54, 1.807) is 0 Å². The second-order valence-electron chi connectivity index (χ2n) is 4.72. The number of benzene rings is 1. The van der Waals surface area contributed by atoms with Crippen LogP contribution in [0.1, 0.15) is 44.2 Å². The molecule has 0 heterocycles. The second kappa shape index (κ2) is 5.58. The van der Waals surface area contributed by atoms with Crippen LogP contribution in [0, 0.1) is 17.6 Å². The predicted octanol–water partition coefficient (Wildman–Crippen LogP) is 3.81. The molecule has 1 aromatic carbocycles. The predicted molar refractivity (Wildman–Crippen MR) is 64.7 cm³/mol. The number of hydrogen-bond donors (Lipinski definition) is 1. The van der Waals surface area contributed by atoms with E-state index < -0.39 is 11.6 Å². The Bertz CT molecular complexity index is 352. The van der Waals surface area contributed by atoms with Crippen LogP contribution in [-0.4, -0.2) is 6.54 Å². The van der Waals surface area contributed by atoms with Crippen LogP contribution in [0.25, 0.3) is 0 Å². The molecule has 1 aromatic rings. The molecule has 17 heavy (non-hydrogen) atoms. The standard InChI is InChI=1S/C14H19F2N/c1-2-17-14(10-6-3-4-7-10)13-11(15)8-5-9-12(13)16/h5,8-10,14,17H,2-4,6-7H2,1H3. The second-order valence-corrected chi connectivity index (χ2v) is 4.72. The average Bonchev–Trinajstić information content (AvgIpc) is 2.80. The van der Waals surface area contributed by atoms with Crippen LogP contribution in [-0.2, 0) is 0 Å². The van der Waals surface area contributed by atoms with Gasteiger partial charge in [-0.25, -0.2) is 8.78 Å². The molecule has 1 unspecified atom stereocenters. The van der Waals surface area contributed by atoms with Crippen molar-refractivity contribution in [2.75, 3.05) is 6.54 Å². The molecule has 0 spiro atoms. The number of rotatable bonds is 4. The number of hydrogen-bond acceptors (Lipinski definition) is 1. The van der Waals surface area contributed by atoms with E-state index in [9.17, 15) is 8.78 Å². The monoisotopic (exact) mass is 239 g/mol. The summed E-state index contributed by atoms with van der Waals surface area (Å²) in [5.41, 5.74) is 0.223. The van der Waals surface area contributed by atoms with E-state index in [0.717, 1.165) is 19.4 Å². The highest BCUT2D eigenvalue weighted by atomic mass is 19.1. The molecule has 0 saturated heterocycles. The highest BCUT2D eigenvalue weighted by molar-refractivity contribution is 5.24. The molecular formula is C14H19F2N. The van der Waals surface area contributed by atoms with Crippen LogP contribution >= 0.6 is 0 Å². The van der Waals surface area contributed by atoms with Gasteiger partial charge in [-0.3, -0.25) is 0 Å². The fourth-order valence-electron chi connectivity index (χ4n) is 2.82. The first-order valence-electron chi connectivity index (χ1n) is 6.41. The largest absolute Gasteiger partial charge is 0.310 e. The van der Waals surface area contributed by atoms with Gasteiger partial charge in [0.25, 0.3) is 0 Å². The molecular weight excluding hydrogens is 220 g/mol. The maximum absolute atomic E-state index is 13.8. The minimum Gasteiger partial charge on any atom is -0.310 e. The van der Waals surface area contributed by atoms with Crippen molar-refractivity contribution in [3.05, 3.63) is 35.4 Å². The molecule has 1 aliphatic rings. The van der Waals surface area contributed by atoms with Crippen molar-refractivity contribution in [2.24, 2.45) is 5.92 Å². The van der Waals surface area contributed by atoms with Crippen molar-refractivity contribution in [1.82, 2.24) is 5.32 Å². The van der Waals surface area contributed by atoms with Gasteiger partial charge in [-0.1, -0.05) is 25.8 Å². The Morgan fingerprint density at radius 3 is 2.35 bits per heavy atom. The van der Waals surface area contributed by atoms with Crippen LogP contribution in [0.4, 0.5) is 8.78 Å². The molecule has 2 rings (SSSR count). The molecule has 0 aliphatic heterocycles. The zero-order chi connectivity index (χ0) is 12.3. The van der Waals surface area contributed by atoms with Crippen molar-refractivity contribution in [1.29, 1.82) is 0 Å². The lowest BCUT2D eigenvalue weighted by atomic mass is 9.91. The summed E-state index contributed by atoms with van der Waals surface area (Å²) < 4.78 is 27.6. The highest BCUT2D eigenvalue weighted by Gasteiger charge is 2.29. The lowest BCUT2D eigenvalue weighted by molar-refractivity contribution is 0.350. The molecule has 0 radical (unpaired) electrons. The van der Waals surface area contributed by atoms with Crippen LogP contribution in [0.3, 0.4) is 0 Å². The summed E-state index contributed by atoms with van der Waals surface area (Å²) in [6.07, 6.45) is 4.46. The van der Waals surface area contributed by atoms with E-state index in [4.69, 9.17) is 0 Å². The van der Waals surface area contributed by atoms with Crippen molar-refractivity contribution in [3.8, 4) is 0 Å². The molecule has 1 atom stereocenters. The van der Waals surface area contributed by atoms with Gasteiger partial charge in [-0.05, 0) is 37.4 Å². The summed E-state index contributed by atoms with van der Waals surface area (Å²) in [6.45, 7) is 2.70. The topological polar surface area (TPSA) is 12.0 Å². The van der Waals surface area contributed by atoms with E-state index in [-0.39, 0.29) is 11.6 Å². The molecule has 1 aliphatic carbocycles. The first-order chi connectivity index (χ1) is 8.24. The van der Waals surface area contributed by atoms with E-state index in [2.05, 4.69) is 5.32 Å². The highest BCUT2D eigenvalue weighted by Crippen LogP contribution is 2.37. The SMILES string of the molecule is CCNC(c1c(F)cccc1F)C1CCCC1. The maximum atomic E-state index is 13.8. The molecule has 3 heteroatoms. The van der Waals surface area contributed by atoms with Crippen molar-refractivity contribution >= 4 is 0 Å².